The molecule has 0 bridgehead atoms. The van der Waals surface area contributed by atoms with Crippen LogP contribution in [0.2, 0.25) is 0 Å². The predicted octanol–water partition coefficient (Wildman–Crippen LogP) is 4.14. The Hall–Kier alpha value is -2.68. The number of carbonyl (C=O) groups is 2. The van der Waals surface area contributed by atoms with Crippen LogP contribution in [0.5, 0.6) is 0 Å². The highest BCUT2D eigenvalue weighted by molar-refractivity contribution is 7.17. The Balaban J connectivity index is 1.95. The van der Waals surface area contributed by atoms with Crippen LogP contribution in [-0.4, -0.2) is 11.8 Å². The first-order valence-electron chi connectivity index (χ1n) is 7.88. The number of nitrogens with one attached hydrogen (secondary N) is 2. The zero-order valence-electron chi connectivity index (χ0n) is 14.9. The van der Waals surface area contributed by atoms with Crippen LogP contribution in [0.25, 0.3) is 0 Å². The molecule has 0 aliphatic heterocycles. The molecule has 2 heterocycles. The average molecular weight is 387 g/mol. The summed E-state index contributed by atoms with van der Waals surface area (Å²) in [5, 5.41) is 24.8. The van der Waals surface area contributed by atoms with Crippen LogP contribution in [0.3, 0.4) is 0 Å². The third-order valence-electron chi connectivity index (χ3n) is 4.08. The third kappa shape index (κ3) is 4.10. The minimum atomic E-state index is -0.322. The Morgan fingerprint density at radius 3 is 1.46 bits per heavy atom. The maximum atomic E-state index is 12.1. The van der Waals surface area contributed by atoms with Crippen molar-refractivity contribution in [2.45, 2.75) is 40.5 Å². The van der Waals surface area contributed by atoms with E-state index in [1.165, 1.54) is 22.7 Å². The van der Waals surface area contributed by atoms with Gasteiger partial charge in [0.2, 0.25) is 11.8 Å². The van der Waals surface area contributed by atoms with E-state index in [-0.39, 0.29) is 24.7 Å². The molecule has 0 aromatic carbocycles. The summed E-state index contributed by atoms with van der Waals surface area (Å²) in [7, 11) is 0. The molecule has 0 saturated carbocycles. The first-order chi connectivity index (χ1) is 12.3. The van der Waals surface area contributed by atoms with Gasteiger partial charge in [-0.3, -0.25) is 9.59 Å². The normalized spacial score (nSPS) is 10.1. The van der Waals surface area contributed by atoms with Gasteiger partial charge in [-0.1, -0.05) is 0 Å². The summed E-state index contributed by atoms with van der Waals surface area (Å²) >= 11 is 2.70. The summed E-state index contributed by atoms with van der Waals surface area (Å²) in [4.78, 5) is 26.1. The van der Waals surface area contributed by atoms with Crippen LogP contribution in [0.15, 0.2) is 0 Å². The van der Waals surface area contributed by atoms with Crippen molar-refractivity contribution in [3.05, 3.63) is 32.0 Å². The van der Waals surface area contributed by atoms with Crippen LogP contribution >= 0.6 is 22.7 Å². The topological polar surface area (TPSA) is 106 Å². The van der Waals surface area contributed by atoms with Crippen molar-refractivity contribution in [2.75, 3.05) is 10.6 Å². The molecular formula is C18H18N4O2S2. The summed E-state index contributed by atoms with van der Waals surface area (Å²) < 4.78 is 0. The summed E-state index contributed by atoms with van der Waals surface area (Å²) in [5.41, 5.74) is 2.65. The molecule has 0 spiro atoms. The molecule has 0 saturated heterocycles. The fourth-order valence-corrected chi connectivity index (χ4v) is 4.36. The highest BCUT2D eigenvalue weighted by atomic mass is 32.1. The monoisotopic (exact) mass is 386 g/mol. The standard InChI is InChI=1S/C18H18N4O2S2/c1-9-11(3)25-17(13(9)7-19)21-15(23)5-6-16(24)22-18-14(8-20)10(2)12(4)26-18/h5-6H2,1-4H3,(H,21,23)(H,22,24). The molecular weight excluding hydrogens is 368 g/mol. The Bertz CT molecular complexity index is 879. The van der Waals surface area contributed by atoms with Crippen molar-refractivity contribution < 1.29 is 9.59 Å². The minimum absolute atomic E-state index is 0.00206. The lowest BCUT2D eigenvalue weighted by Gasteiger charge is -2.05. The number of anilines is 2. The fourth-order valence-electron chi connectivity index (χ4n) is 2.30. The summed E-state index contributed by atoms with van der Waals surface area (Å²) in [6, 6.07) is 4.19. The van der Waals surface area contributed by atoms with Crippen molar-refractivity contribution in [1.82, 2.24) is 0 Å². The molecule has 0 aliphatic rings. The lowest BCUT2D eigenvalue weighted by atomic mass is 10.2. The molecule has 26 heavy (non-hydrogen) atoms. The number of thiophene rings is 2. The number of nitriles is 2. The molecule has 0 unspecified atom stereocenters. The zero-order valence-corrected chi connectivity index (χ0v) is 16.6. The molecule has 2 N–H and O–H groups in total. The van der Waals surface area contributed by atoms with Crippen molar-refractivity contribution in [2.24, 2.45) is 0 Å². The van der Waals surface area contributed by atoms with Crippen LogP contribution < -0.4 is 10.6 Å². The smallest absolute Gasteiger partial charge is 0.225 e. The molecule has 2 aromatic rings. The van der Waals surface area contributed by atoms with Gasteiger partial charge in [-0.25, -0.2) is 0 Å². The molecule has 8 heteroatoms. The number of hydrogen-bond acceptors (Lipinski definition) is 6. The summed E-state index contributed by atoms with van der Waals surface area (Å²) in [5.74, 6) is -0.645. The van der Waals surface area contributed by atoms with Gasteiger partial charge in [0.1, 0.15) is 22.1 Å². The number of carbonyl (C=O) groups excluding carboxylic acids is 2. The van der Waals surface area contributed by atoms with Crippen molar-refractivity contribution >= 4 is 44.5 Å². The number of hydrogen-bond donors (Lipinski definition) is 2. The molecule has 0 radical (unpaired) electrons. The van der Waals surface area contributed by atoms with Gasteiger partial charge in [-0.2, -0.15) is 10.5 Å². The predicted molar refractivity (Wildman–Crippen MR) is 104 cm³/mol. The second-order valence-electron chi connectivity index (χ2n) is 5.79. The molecule has 2 rings (SSSR count). The van der Waals surface area contributed by atoms with Crippen LogP contribution in [-0.2, 0) is 9.59 Å². The van der Waals surface area contributed by atoms with E-state index in [4.69, 9.17) is 0 Å². The lowest BCUT2D eigenvalue weighted by molar-refractivity contribution is -0.121. The number of nitrogens with zero attached hydrogens (tertiary/aromatic N) is 2. The quantitative estimate of drug-likeness (QED) is 0.805. The van der Waals surface area contributed by atoms with E-state index >= 15 is 0 Å². The Morgan fingerprint density at radius 1 is 0.808 bits per heavy atom. The molecule has 0 fully saturated rings. The van der Waals surface area contributed by atoms with E-state index in [0.717, 1.165) is 20.9 Å². The van der Waals surface area contributed by atoms with Gasteiger partial charge in [0.25, 0.3) is 0 Å². The zero-order chi connectivity index (χ0) is 19.4. The van der Waals surface area contributed by atoms with Gasteiger partial charge in [0.15, 0.2) is 0 Å². The van der Waals surface area contributed by atoms with Gasteiger partial charge >= 0.3 is 0 Å². The maximum Gasteiger partial charge on any atom is 0.225 e. The largest absolute Gasteiger partial charge is 0.317 e. The molecule has 134 valence electrons. The van der Waals surface area contributed by atoms with E-state index in [1.54, 1.807) is 0 Å². The van der Waals surface area contributed by atoms with Gasteiger partial charge in [0.05, 0.1) is 11.1 Å². The van der Waals surface area contributed by atoms with Gasteiger partial charge in [0, 0.05) is 22.6 Å². The minimum Gasteiger partial charge on any atom is -0.317 e. The van der Waals surface area contributed by atoms with E-state index < -0.39 is 0 Å². The number of amides is 2. The van der Waals surface area contributed by atoms with Crippen molar-refractivity contribution in [3.63, 3.8) is 0 Å². The van der Waals surface area contributed by atoms with E-state index in [2.05, 4.69) is 22.8 Å². The number of rotatable bonds is 5. The maximum absolute atomic E-state index is 12.1. The highest BCUT2D eigenvalue weighted by Gasteiger charge is 2.17. The average Bonchev–Trinajstić information content (AvgIpc) is 3.01. The molecule has 2 aromatic heterocycles. The Kier molecular flexibility index (Phi) is 6.14. The second-order valence-corrected chi connectivity index (χ2v) is 8.24. The first-order valence-corrected chi connectivity index (χ1v) is 9.51. The third-order valence-corrected chi connectivity index (χ3v) is 6.32. The van der Waals surface area contributed by atoms with E-state index in [0.29, 0.717) is 21.1 Å². The lowest BCUT2D eigenvalue weighted by Crippen LogP contribution is -2.17. The summed E-state index contributed by atoms with van der Waals surface area (Å²) in [6.07, 6.45) is -0.00412. The van der Waals surface area contributed by atoms with Gasteiger partial charge in [-0.05, 0) is 38.8 Å². The molecule has 0 atom stereocenters. The SMILES string of the molecule is Cc1sc(NC(=O)CCC(=O)Nc2sc(C)c(C)c2C#N)c(C#N)c1C. The highest BCUT2D eigenvalue weighted by Crippen LogP contribution is 2.32. The van der Waals surface area contributed by atoms with E-state index in [1.807, 2.05) is 27.7 Å². The fraction of sp³-hybridized carbons (Fsp3) is 0.333. The van der Waals surface area contributed by atoms with Crippen LogP contribution in [0, 0.1) is 50.4 Å². The first kappa shape index (κ1) is 19.6. The number of aryl methyl sites for hydroxylation is 2. The second kappa shape index (κ2) is 8.13. The van der Waals surface area contributed by atoms with E-state index in [9.17, 15) is 20.1 Å². The van der Waals surface area contributed by atoms with Crippen molar-refractivity contribution in [3.8, 4) is 12.1 Å². The Morgan fingerprint density at radius 2 is 1.15 bits per heavy atom. The molecule has 2 amide bonds. The van der Waals surface area contributed by atoms with Crippen LogP contribution in [0.4, 0.5) is 10.0 Å². The Labute approximate surface area is 160 Å². The molecule has 6 nitrogen and oxygen atoms in total. The van der Waals surface area contributed by atoms with Crippen LogP contribution in [0.1, 0.15) is 44.8 Å². The summed E-state index contributed by atoms with van der Waals surface area (Å²) in [6.45, 7) is 7.46. The van der Waals surface area contributed by atoms with Gasteiger partial charge < -0.3 is 10.6 Å². The van der Waals surface area contributed by atoms with Crippen molar-refractivity contribution in [1.29, 1.82) is 10.5 Å². The molecule has 0 aliphatic carbocycles. The van der Waals surface area contributed by atoms with Gasteiger partial charge in [-0.15, -0.1) is 22.7 Å².